The minimum atomic E-state index is 0.132. The van der Waals surface area contributed by atoms with Crippen LogP contribution in [0.1, 0.15) is 15.4 Å². The average molecular weight is 329 g/mol. The van der Waals surface area contributed by atoms with E-state index in [1.807, 2.05) is 22.4 Å². The van der Waals surface area contributed by atoms with Crippen LogP contribution in [-0.2, 0) is 6.54 Å². The summed E-state index contributed by atoms with van der Waals surface area (Å²) in [6.07, 6.45) is 0. The van der Waals surface area contributed by atoms with Crippen molar-refractivity contribution in [3.05, 3.63) is 32.4 Å². The number of aromatic nitrogens is 2. The van der Waals surface area contributed by atoms with Gasteiger partial charge in [0.25, 0.3) is 5.91 Å². The average Bonchev–Trinajstić information content (AvgIpc) is 3.12. The van der Waals surface area contributed by atoms with Crippen molar-refractivity contribution in [1.82, 2.24) is 19.4 Å². The molecule has 0 unspecified atom stereocenters. The molecule has 8 heteroatoms. The van der Waals surface area contributed by atoms with Gasteiger partial charge in [-0.25, -0.2) is 0 Å². The summed E-state index contributed by atoms with van der Waals surface area (Å²) in [4.78, 5) is 17.2. The third kappa shape index (κ3) is 3.01. The zero-order valence-corrected chi connectivity index (χ0v) is 13.0. The SMILES string of the molecule is O=C(c1cccs1)N1CCN(Cc2nnsc2Cl)CC1. The topological polar surface area (TPSA) is 49.3 Å². The number of rotatable bonds is 3. The molecular formula is C12H13ClN4OS2. The van der Waals surface area contributed by atoms with Crippen LogP contribution in [0, 0.1) is 0 Å². The van der Waals surface area contributed by atoms with Crippen LogP contribution in [0.3, 0.4) is 0 Å². The number of thiophene rings is 1. The van der Waals surface area contributed by atoms with E-state index < -0.39 is 0 Å². The molecule has 0 atom stereocenters. The second-order valence-corrected chi connectivity index (χ2v) is 6.84. The molecule has 106 valence electrons. The molecule has 1 aliphatic heterocycles. The van der Waals surface area contributed by atoms with Crippen LogP contribution in [0.2, 0.25) is 4.34 Å². The lowest BCUT2D eigenvalue weighted by atomic mass is 10.3. The summed E-state index contributed by atoms with van der Waals surface area (Å²) >= 11 is 8.71. The van der Waals surface area contributed by atoms with Crippen LogP contribution in [0.5, 0.6) is 0 Å². The molecule has 20 heavy (non-hydrogen) atoms. The minimum Gasteiger partial charge on any atom is -0.335 e. The molecule has 0 saturated carbocycles. The first-order valence-corrected chi connectivity index (χ1v) is 8.29. The van der Waals surface area contributed by atoms with E-state index in [0.29, 0.717) is 10.9 Å². The summed E-state index contributed by atoms with van der Waals surface area (Å²) in [5.41, 5.74) is 0.828. The zero-order chi connectivity index (χ0) is 13.9. The number of carbonyl (C=O) groups excluding carboxylic acids is 1. The fourth-order valence-corrected chi connectivity index (χ4v) is 3.47. The van der Waals surface area contributed by atoms with Crippen LogP contribution in [0.4, 0.5) is 0 Å². The highest BCUT2D eigenvalue weighted by atomic mass is 35.5. The molecule has 2 aromatic rings. The van der Waals surface area contributed by atoms with E-state index in [-0.39, 0.29) is 5.91 Å². The van der Waals surface area contributed by atoms with Gasteiger partial charge < -0.3 is 4.90 Å². The Morgan fingerprint density at radius 2 is 2.15 bits per heavy atom. The van der Waals surface area contributed by atoms with Gasteiger partial charge in [-0.05, 0) is 11.4 Å². The van der Waals surface area contributed by atoms with Crippen molar-refractivity contribution in [2.75, 3.05) is 26.2 Å². The fourth-order valence-electron chi connectivity index (χ4n) is 2.17. The predicted molar refractivity (Wildman–Crippen MR) is 80.4 cm³/mol. The van der Waals surface area contributed by atoms with Gasteiger partial charge in [-0.2, -0.15) is 0 Å². The lowest BCUT2D eigenvalue weighted by Gasteiger charge is -2.34. The number of carbonyl (C=O) groups is 1. The quantitative estimate of drug-likeness (QED) is 0.867. The smallest absolute Gasteiger partial charge is 0.264 e. The van der Waals surface area contributed by atoms with Crippen molar-refractivity contribution in [3.63, 3.8) is 0 Å². The van der Waals surface area contributed by atoms with Gasteiger partial charge in [-0.3, -0.25) is 9.69 Å². The molecule has 0 bridgehead atoms. The molecule has 0 aliphatic carbocycles. The van der Waals surface area contributed by atoms with Gasteiger partial charge in [0.2, 0.25) is 0 Å². The maximum absolute atomic E-state index is 12.2. The van der Waals surface area contributed by atoms with E-state index in [2.05, 4.69) is 14.5 Å². The molecule has 0 aromatic carbocycles. The van der Waals surface area contributed by atoms with Gasteiger partial charge in [0.15, 0.2) is 0 Å². The Bertz CT molecular complexity index is 578. The van der Waals surface area contributed by atoms with E-state index in [4.69, 9.17) is 11.6 Å². The highest BCUT2D eigenvalue weighted by Gasteiger charge is 2.23. The summed E-state index contributed by atoms with van der Waals surface area (Å²) < 4.78 is 4.49. The molecule has 1 saturated heterocycles. The molecule has 0 radical (unpaired) electrons. The largest absolute Gasteiger partial charge is 0.335 e. The first-order chi connectivity index (χ1) is 9.74. The van der Waals surface area contributed by atoms with Gasteiger partial charge >= 0.3 is 0 Å². The number of nitrogens with zero attached hydrogens (tertiary/aromatic N) is 4. The maximum Gasteiger partial charge on any atom is 0.264 e. The number of hydrogen-bond donors (Lipinski definition) is 0. The molecule has 1 aliphatic rings. The molecular weight excluding hydrogens is 316 g/mol. The van der Waals surface area contributed by atoms with E-state index >= 15 is 0 Å². The van der Waals surface area contributed by atoms with Crippen molar-refractivity contribution in [1.29, 1.82) is 0 Å². The Balaban J connectivity index is 1.55. The molecule has 5 nitrogen and oxygen atoms in total. The third-order valence-electron chi connectivity index (χ3n) is 3.27. The molecule has 1 fully saturated rings. The number of hydrogen-bond acceptors (Lipinski definition) is 6. The second kappa shape index (κ2) is 6.17. The highest BCUT2D eigenvalue weighted by molar-refractivity contribution is 7.12. The maximum atomic E-state index is 12.2. The first kappa shape index (κ1) is 13.9. The van der Waals surface area contributed by atoms with E-state index in [1.165, 1.54) is 22.9 Å². The zero-order valence-electron chi connectivity index (χ0n) is 10.7. The Hall–Kier alpha value is -1.02. The molecule has 2 aromatic heterocycles. The second-order valence-electron chi connectivity index (χ2n) is 4.54. The van der Waals surface area contributed by atoms with Crippen LogP contribution in [0.25, 0.3) is 0 Å². The van der Waals surface area contributed by atoms with Crippen molar-refractivity contribution in [3.8, 4) is 0 Å². The normalized spacial score (nSPS) is 16.6. The Morgan fingerprint density at radius 1 is 1.35 bits per heavy atom. The Kier molecular flexibility index (Phi) is 4.30. The van der Waals surface area contributed by atoms with Gasteiger partial charge in [0, 0.05) is 44.3 Å². The van der Waals surface area contributed by atoms with Crippen molar-refractivity contribution in [2.24, 2.45) is 0 Å². The minimum absolute atomic E-state index is 0.132. The monoisotopic (exact) mass is 328 g/mol. The summed E-state index contributed by atoms with van der Waals surface area (Å²) in [6, 6.07) is 3.78. The first-order valence-electron chi connectivity index (χ1n) is 6.26. The van der Waals surface area contributed by atoms with Gasteiger partial charge in [-0.15, -0.1) is 16.4 Å². The summed E-state index contributed by atoms with van der Waals surface area (Å²) in [7, 11) is 0. The third-order valence-corrected chi connectivity index (χ3v) is 5.12. The van der Waals surface area contributed by atoms with Crippen molar-refractivity contribution >= 4 is 40.4 Å². The van der Waals surface area contributed by atoms with Crippen LogP contribution < -0.4 is 0 Å². The highest BCUT2D eigenvalue weighted by Crippen LogP contribution is 2.20. The summed E-state index contributed by atoms with van der Waals surface area (Å²) in [5.74, 6) is 0.132. The standard InChI is InChI=1S/C12H13ClN4OS2/c13-11-9(14-15-20-11)8-16-3-5-17(6-4-16)12(18)10-2-1-7-19-10/h1-2,7H,3-6,8H2. The number of amides is 1. The molecule has 3 rings (SSSR count). The summed E-state index contributed by atoms with van der Waals surface area (Å²) in [6.45, 7) is 3.87. The number of piperazine rings is 1. The lowest BCUT2D eigenvalue weighted by molar-refractivity contribution is 0.0632. The van der Waals surface area contributed by atoms with E-state index in [9.17, 15) is 4.79 Å². The van der Waals surface area contributed by atoms with Crippen molar-refractivity contribution in [2.45, 2.75) is 6.54 Å². The predicted octanol–water partition coefficient (Wildman–Crippen LogP) is 2.21. The van der Waals surface area contributed by atoms with Crippen LogP contribution in [0.15, 0.2) is 17.5 Å². The van der Waals surface area contributed by atoms with E-state index in [1.54, 1.807) is 0 Å². The van der Waals surface area contributed by atoms with Gasteiger partial charge in [-0.1, -0.05) is 22.2 Å². The van der Waals surface area contributed by atoms with Crippen LogP contribution >= 0.6 is 34.5 Å². The van der Waals surface area contributed by atoms with Gasteiger partial charge in [0.05, 0.1) is 4.88 Å². The van der Waals surface area contributed by atoms with Crippen LogP contribution in [-0.4, -0.2) is 51.5 Å². The Morgan fingerprint density at radius 3 is 2.75 bits per heavy atom. The van der Waals surface area contributed by atoms with E-state index in [0.717, 1.165) is 36.8 Å². The molecule has 3 heterocycles. The van der Waals surface area contributed by atoms with Crippen molar-refractivity contribution < 1.29 is 4.79 Å². The number of halogens is 1. The molecule has 0 N–H and O–H groups in total. The lowest BCUT2D eigenvalue weighted by Crippen LogP contribution is -2.48. The molecule has 1 amide bonds. The molecule has 0 spiro atoms. The fraction of sp³-hybridized carbons (Fsp3) is 0.417. The summed E-state index contributed by atoms with van der Waals surface area (Å²) in [5, 5.41) is 5.95. The Labute approximate surface area is 129 Å². The van der Waals surface area contributed by atoms with Gasteiger partial charge in [0.1, 0.15) is 10.0 Å².